The molecule has 1 aliphatic rings. The Morgan fingerprint density at radius 1 is 1.17 bits per heavy atom. The lowest BCUT2D eigenvalue weighted by Crippen LogP contribution is -2.47. The highest BCUT2D eigenvalue weighted by Crippen LogP contribution is 2.18. The van der Waals surface area contributed by atoms with E-state index in [2.05, 4.69) is 16.8 Å². The van der Waals surface area contributed by atoms with E-state index in [9.17, 15) is 9.59 Å². The van der Waals surface area contributed by atoms with E-state index in [0.29, 0.717) is 17.9 Å². The number of rotatable bonds is 7. The molecule has 126 valence electrons. The van der Waals surface area contributed by atoms with Crippen LogP contribution in [0.5, 0.6) is 5.75 Å². The van der Waals surface area contributed by atoms with Gasteiger partial charge in [-0.1, -0.05) is 0 Å². The molecule has 0 spiro atoms. The van der Waals surface area contributed by atoms with Gasteiger partial charge in [0.25, 0.3) is 0 Å². The summed E-state index contributed by atoms with van der Waals surface area (Å²) in [6, 6.07) is 6.84. The van der Waals surface area contributed by atoms with Crippen molar-refractivity contribution in [2.24, 2.45) is 5.92 Å². The van der Waals surface area contributed by atoms with Crippen molar-refractivity contribution in [3.63, 3.8) is 0 Å². The Morgan fingerprint density at radius 3 is 2.30 bits per heavy atom. The third-order valence-electron chi connectivity index (χ3n) is 4.24. The number of carbonyl (C=O) groups is 2. The second-order valence-electron chi connectivity index (χ2n) is 5.99. The van der Waals surface area contributed by atoms with Gasteiger partial charge in [-0.05, 0) is 31.3 Å². The number of aliphatic carboxylic acids is 1. The van der Waals surface area contributed by atoms with E-state index in [1.807, 2.05) is 0 Å². The van der Waals surface area contributed by atoms with Gasteiger partial charge in [0.1, 0.15) is 5.75 Å². The van der Waals surface area contributed by atoms with Crippen molar-refractivity contribution in [1.82, 2.24) is 9.80 Å². The second kappa shape index (κ2) is 8.08. The van der Waals surface area contributed by atoms with Gasteiger partial charge in [0, 0.05) is 44.2 Å². The Balaban J connectivity index is 2.06. The van der Waals surface area contributed by atoms with Crippen LogP contribution in [0.2, 0.25) is 0 Å². The molecule has 0 saturated carbocycles. The first-order chi connectivity index (χ1) is 11.0. The molecular weight excluding hydrogens is 296 g/mol. The van der Waals surface area contributed by atoms with E-state index in [-0.39, 0.29) is 12.2 Å². The fraction of sp³-hybridized carbons (Fsp3) is 0.529. The predicted octanol–water partition coefficient (Wildman–Crippen LogP) is 1.22. The van der Waals surface area contributed by atoms with Crippen molar-refractivity contribution in [3.8, 4) is 5.75 Å². The summed E-state index contributed by atoms with van der Waals surface area (Å²) in [6.07, 6.45) is -0.142. The third kappa shape index (κ3) is 5.04. The number of benzene rings is 1. The molecule has 0 aliphatic carbocycles. The summed E-state index contributed by atoms with van der Waals surface area (Å²) >= 11 is 0. The highest BCUT2D eigenvalue weighted by atomic mass is 16.5. The summed E-state index contributed by atoms with van der Waals surface area (Å²) in [5.41, 5.74) is 0.533. The molecule has 23 heavy (non-hydrogen) atoms. The predicted molar refractivity (Wildman–Crippen MR) is 87.0 cm³/mol. The summed E-state index contributed by atoms with van der Waals surface area (Å²) in [4.78, 5) is 28.2. The van der Waals surface area contributed by atoms with Gasteiger partial charge in [-0.15, -0.1) is 0 Å². The van der Waals surface area contributed by atoms with Crippen LogP contribution in [0.15, 0.2) is 24.3 Å². The molecule has 1 aromatic rings. The average Bonchev–Trinajstić information content (AvgIpc) is 2.55. The van der Waals surface area contributed by atoms with Crippen molar-refractivity contribution in [3.05, 3.63) is 29.8 Å². The highest BCUT2D eigenvalue weighted by Gasteiger charge is 2.26. The molecule has 1 aromatic carbocycles. The third-order valence-corrected chi connectivity index (χ3v) is 4.24. The van der Waals surface area contributed by atoms with Crippen LogP contribution in [-0.4, -0.2) is 73.5 Å². The van der Waals surface area contributed by atoms with Crippen LogP contribution in [0.4, 0.5) is 0 Å². The lowest BCUT2D eigenvalue weighted by Gasteiger charge is -2.34. The molecule has 1 heterocycles. The van der Waals surface area contributed by atoms with Crippen molar-refractivity contribution in [2.75, 3.05) is 46.9 Å². The quantitative estimate of drug-likeness (QED) is 0.762. The number of Topliss-reactive ketones (excluding diaryl/α,β-unsaturated/α-hetero) is 1. The molecule has 0 bridgehead atoms. The minimum absolute atomic E-state index is 0.117. The summed E-state index contributed by atoms with van der Waals surface area (Å²) in [6.45, 7) is 4.10. The van der Waals surface area contributed by atoms with Crippen LogP contribution in [0.25, 0.3) is 0 Å². The zero-order valence-corrected chi connectivity index (χ0v) is 13.7. The van der Waals surface area contributed by atoms with E-state index in [4.69, 9.17) is 9.84 Å². The first-order valence-corrected chi connectivity index (χ1v) is 7.80. The smallest absolute Gasteiger partial charge is 0.304 e. The normalized spacial score (nSPS) is 17.7. The van der Waals surface area contributed by atoms with E-state index in [0.717, 1.165) is 26.2 Å². The van der Waals surface area contributed by atoms with Gasteiger partial charge in [-0.3, -0.25) is 9.59 Å². The topological polar surface area (TPSA) is 70.1 Å². The fourth-order valence-corrected chi connectivity index (χ4v) is 2.78. The molecular formula is C17H24N2O4. The molecule has 1 atom stereocenters. The monoisotopic (exact) mass is 320 g/mol. The maximum absolute atomic E-state index is 12.7. The summed E-state index contributed by atoms with van der Waals surface area (Å²) < 4.78 is 5.09. The van der Waals surface area contributed by atoms with Crippen LogP contribution >= 0.6 is 0 Å². The lowest BCUT2D eigenvalue weighted by atomic mass is 9.93. The molecule has 1 fully saturated rings. The molecule has 1 aliphatic heterocycles. The Labute approximate surface area is 136 Å². The number of hydrogen-bond acceptors (Lipinski definition) is 5. The van der Waals surface area contributed by atoms with Crippen LogP contribution in [0, 0.1) is 5.92 Å². The molecule has 0 aromatic heterocycles. The first-order valence-electron chi connectivity index (χ1n) is 7.80. The maximum atomic E-state index is 12.7. The number of piperazine rings is 1. The van der Waals surface area contributed by atoms with Crippen molar-refractivity contribution in [1.29, 1.82) is 0 Å². The molecule has 0 amide bonds. The van der Waals surface area contributed by atoms with E-state index < -0.39 is 11.9 Å². The minimum Gasteiger partial charge on any atom is -0.497 e. The summed E-state index contributed by atoms with van der Waals surface area (Å²) in [7, 11) is 3.63. The van der Waals surface area contributed by atoms with Crippen molar-refractivity contribution in [2.45, 2.75) is 6.42 Å². The van der Waals surface area contributed by atoms with E-state index in [1.54, 1.807) is 31.4 Å². The van der Waals surface area contributed by atoms with Gasteiger partial charge >= 0.3 is 5.97 Å². The van der Waals surface area contributed by atoms with Crippen LogP contribution in [0.1, 0.15) is 16.8 Å². The van der Waals surface area contributed by atoms with Gasteiger partial charge in [-0.25, -0.2) is 0 Å². The summed E-state index contributed by atoms with van der Waals surface area (Å²) in [5.74, 6) is -0.903. The fourth-order valence-electron chi connectivity index (χ4n) is 2.78. The van der Waals surface area contributed by atoms with E-state index in [1.165, 1.54) is 0 Å². The first kappa shape index (κ1) is 17.4. The number of likely N-dealkylation sites (N-methyl/N-ethyl adjacent to an activating group) is 1. The van der Waals surface area contributed by atoms with Gasteiger partial charge in [0.2, 0.25) is 0 Å². The number of ketones is 1. The van der Waals surface area contributed by atoms with E-state index >= 15 is 0 Å². The zero-order valence-electron chi connectivity index (χ0n) is 13.7. The Kier molecular flexibility index (Phi) is 6.12. The van der Waals surface area contributed by atoms with Crippen LogP contribution < -0.4 is 4.74 Å². The molecule has 6 nitrogen and oxygen atoms in total. The number of methoxy groups -OCH3 is 1. The number of ether oxygens (including phenoxy) is 1. The number of carboxylic acids is 1. The molecule has 6 heteroatoms. The van der Waals surface area contributed by atoms with Crippen molar-refractivity contribution >= 4 is 11.8 Å². The van der Waals surface area contributed by atoms with Gasteiger partial charge < -0.3 is 19.6 Å². The average molecular weight is 320 g/mol. The molecule has 1 saturated heterocycles. The number of carboxylic acid groups (broad SMARTS) is 1. The number of carbonyl (C=O) groups excluding carboxylic acids is 1. The largest absolute Gasteiger partial charge is 0.497 e. The van der Waals surface area contributed by atoms with Gasteiger partial charge in [-0.2, -0.15) is 0 Å². The van der Waals surface area contributed by atoms with Gasteiger partial charge in [0.15, 0.2) is 5.78 Å². The Hall–Kier alpha value is -1.92. The molecule has 2 rings (SSSR count). The second-order valence-corrected chi connectivity index (χ2v) is 5.99. The molecule has 0 radical (unpaired) electrons. The molecule has 1 unspecified atom stereocenters. The summed E-state index contributed by atoms with van der Waals surface area (Å²) in [5, 5.41) is 9.13. The number of nitrogens with zero attached hydrogens (tertiary/aromatic N) is 2. The number of hydrogen-bond donors (Lipinski definition) is 1. The SMILES string of the molecule is COc1ccc(C(=O)C(CC(=O)O)CN2CCN(C)CC2)cc1. The highest BCUT2D eigenvalue weighted by molar-refractivity contribution is 5.99. The standard InChI is InChI=1S/C17H24N2O4/c1-18-7-9-19(10-8-18)12-14(11-16(20)21)17(22)13-3-5-15(23-2)6-4-13/h3-6,14H,7-12H2,1-2H3,(H,20,21). The Bertz CT molecular complexity index is 536. The van der Waals surface area contributed by atoms with Crippen LogP contribution in [0.3, 0.4) is 0 Å². The van der Waals surface area contributed by atoms with Crippen molar-refractivity contribution < 1.29 is 19.4 Å². The maximum Gasteiger partial charge on any atom is 0.304 e. The zero-order chi connectivity index (χ0) is 16.8. The Morgan fingerprint density at radius 2 is 1.78 bits per heavy atom. The van der Waals surface area contributed by atoms with Crippen LogP contribution in [-0.2, 0) is 4.79 Å². The molecule has 1 N–H and O–H groups in total. The van der Waals surface area contributed by atoms with Gasteiger partial charge in [0.05, 0.1) is 13.5 Å². The minimum atomic E-state index is -0.939. The lowest BCUT2D eigenvalue weighted by molar-refractivity contribution is -0.137.